The molecule has 0 bridgehead atoms. The van der Waals surface area contributed by atoms with Crippen LogP contribution in [0.15, 0.2) is 138 Å². The van der Waals surface area contributed by atoms with Gasteiger partial charge >= 0.3 is 0 Å². The van der Waals surface area contributed by atoms with Crippen molar-refractivity contribution in [2.75, 3.05) is 0 Å². The summed E-state index contributed by atoms with van der Waals surface area (Å²) in [5.41, 5.74) is 3.66. The molecule has 49 heavy (non-hydrogen) atoms. The monoisotopic (exact) mass is 664 g/mol. The number of carbonyl (C=O) groups excluding carboxylic acids is 2. The van der Waals surface area contributed by atoms with Crippen molar-refractivity contribution >= 4 is 49.1 Å². The van der Waals surface area contributed by atoms with E-state index in [1.165, 1.54) is 46.4 Å². The summed E-state index contributed by atoms with van der Waals surface area (Å²) in [6, 6.07) is 36.0. The quantitative estimate of drug-likeness (QED) is 0.0912. The van der Waals surface area contributed by atoms with Crippen LogP contribution in [0.5, 0.6) is 0 Å². The number of non-ortho nitro benzene ring substituents is 1. The summed E-state index contributed by atoms with van der Waals surface area (Å²) < 4.78 is 30.2. The van der Waals surface area contributed by atoms with Crippen molar-refractivity contribution < 1.29 is 22.9 Å². The lowest BCUT2D eigenvalue weighted by atomic mass is 9.84. The Morgan fingerprint density at radius 1 is 0.653 bits per heavy atom. The molecule has 0 aliphatic heterocycles. The van der Waals surface area contributed by atoms with Crippen molar-refractivity contribution in [3.05, 3.63) is 177 Å². The standard InChI is InChI=1S/C40H28N2O6S/c1-25-12-16-28(17-13-25)39(43)33-24-35-37(32-10-6-7-11-34(32)41(35)49(47,48)31-8-4-3-5-9-31)36(27-20-22-30(23-21-27)42(45)46)38(33)40(44)29-18-14-26(2)15-19-29/h3-24H,1-2H3. The van der Waals surface area contributed by atoms with Crippen molar-refractivity contribution in [1.82, 2.24) is 3.97 Å². The second kappa shape index (κ2) is 12.1. The Kier molecular flexibility index (Phi) is 7.77. The zero-order valence-corrected chi connectivity index (χ0v) is 27.3. The second-order valence-electron chi connectivity index (χ2n) is 11.9. The normalized spacial score (nSPS) is 11.6. The first kappa shape index (κ1) is 31.4. The zero-order chi connectivity index (χ0) is 34.4. The molecule has 7 rings (SSSR count). The lowest BCUT2D eigenvalue weighted by molar-refractivity contribution is -0.384. The highest BCUT2D eigenvalue weighted by atomic mass is 32.2. The van der Waals surface area contributed by atoms with E-state index in [2.05, 4.69) is 0 Å². The SMILES string of the molecule is Cc1ccc(C(=O)c2cc3c(c(-c4ccc([N+](=O)[O-])cc4)c2C(=O)c2ccc(C)cc2)c2ccccc2n3S(=O)(=O)c2ccccc2)cc1. The highest BCUT2D eigenvalue weighted by Crippen LogP contribution is 2.43. The van der Waals surface area contributed by atoms with Crippen LogP contribution >= 0.6 is 0 Å². The van der Waals surface area contributed by atoms with Crippen molar-refractivity contribution in [3.63, 3.8) is 0 Å². The first-order chi connectivity index (χ1) is 23.6. The van der Waals surface area contributed by atoms with Gasteiger partial charge in [0.2, 0.25) is 0 Å². The number of nitrogens with zero attached hydrogens (tertiary/aromatic N) is 2. The summed E-state index contributed by atoms with van der Waals surface area (Å²) in [6.07, 6.45) is 0. The maximum Gasteiger partial charge on any atom is 0.269 e. The molecule has 0 saturated heterocycles. The van der Waals surface area contributed by atoms with Gasteiger partial charge in [0, 0.05) is 50.7 Å². The van der Waals surface area contributed by atoms with Crippen molar-refractivity contribution in [3.8, 4) is 11.1 Å². The van der Waals surface area contributed by atoms with Crippen LogP contribution in [0, 0.1) is 24.0 Å². The van der Waals surface area contributed by atoms with Crippen molar-refractivity contribution in [2.24, 2.45) is 0 Å². The van der Waals surface area contributed by atoms with E-state index in [0.717, 1.165) is 11.1 Å². The van der Waals surface area contributed by atoms with E-state index in [0.29, 0.717) is 38.5 Å². The third-order valence-corrected chi connectivity index (χ3v) is 10.4. The first-order valence-electron chi connectivity index (χ1n) is 15.4. The highest BCUT2D eigenvalue weighted by Gasteiger charge is 2.32. The maximum atomic E-state index is 14.8. The van der Waals surface area contributed by atoms with Crippen LogP contribution in [0.2, 0.25) is 0 Å². The Morgan fingerprint density at radius 3 is 1.80 bits per heavy atom. The Bertz CT molecular complexity index is 2550. The van der Waals surface area contributed by atoms with Crippen LogP contribution in [-0.2, 0) is 10.0 Å². The van der Waals surface area contributed by atoms with E-state index < -0.39 is 26.5 Å². The number of carbonyl (C=O) groups is 2. The van der Waals surface area contributed by atoms with Crippen LogP contribution in [0.3, 0.4) is 0 Å². The molecule has 7 aromatic rings. The maximum absolute atomic E-state index is 14.8. The molecule has 0 fully saturated rings. The topological polar surface area (TPSA) is 116 Å². The molecule has 0 saturated carbocycles. The molecule has 0 N–H and O–H groups in total. The van der Waals surface area contributed by atoms with Gasteiger partial charge in [-0.1, -0.05) is 96.1 Å². The number of ketones is 2. The summed E-state index contributed by atoms with van der Waals surface area (Å²) in [7, 11) is -4.24. The predicted octanol–water partition coefficient (Wildman–Crippen LogP) is 8.69. The molecule has 8 nitrogen and oxygen atoms in total. The van der Waals surface area contributed by atoms with E-state index in [-0.39, 0.29) is 27.2 Å². The van der Waals surface area contributed by atoms with E-state index in [9.17, 15) is 28.1 Å². The Balaban J connectivity index is 1.69. The zero-order valence-electron chi connectivity index (χ0n) is 26.5. The predicted molar refractivity (Wildman–Crippen MR) is 190 cm³/mol. The summed E-state index contributed by atoms with van der Waals surface area (Å²) in [4.78, 5) is 40.5. The minimum absolute atomic E-state index is 0.00241. The number of rotatable bonds is 8. The molecule has 0 atom stereocenters. The Hall–Kier alpha value is -6.19. The largest absolute Gasteiger partial charge is 0.289 e. The summed E-state index contributed by atoms with van der Waals surface area (Å²) in [5.74, 6) is -0.928. The van der Waals surface area contributed by atoms with Gasteiger partial charge in [0.1, 0.15) is 0 Å². The molecular formula is C40H28N2O6S. The van der Waals surface area contributed by atoms with Gasteiger partial charge in [-0.2, -0.15) is 0 Å². The molecule has 6 aromatic carbocycles. The van der Waals surface area contributed by atoms with Gasteiger partial charge < -0.3 is 0 Å². The van der Waals surface area contributed by atoms with E-state index in [4.69, 9.17) is 0 Å². The fraction of sp³-hybridized carbons (Fsp3) is 0.0500. The molecule has 0 aliphatic rings. The summed E-state index contributed by atoms with van der Waals surface area (Å²) in [6.45, 7) is 3.79. The fourth-order valence-electron chi connectivity index (χ4n) is 6.21. The number of nitro groups is 1. The average molecular weight is 665 g/mol. The number of aromatic nitrogens is 1. The van der Waals surface area contributed by atoms with Gasteiger partial charge in [-0.15, -0.1) is 0 Å². The molecule has 9 heteroatoms. The fourth-order valence-corrected chi connectivity index (χ4v) is 7.75. The number of hydrogen-bond donors (Lipinski definition) is 0. The second-order valence-corrected chi connectivity index (χ2v) is 13.6. The van der Waals surface area contributed by atoms with Crippen LogP contribution in [-0.4, -0.2) is 28.9 Å². The van der Waals surface area contributed by atoms with Gasteiger partial charge in [-0.05, 0) is 55.8 Å². The summed E-state index contributed by atoms with van der Waals surface area (Å²) >= 11 is 0. The smallest absolute Gasteiger partial charge is 0.269 e. The number of para-hydroxylation sites is 1. The number of aryl methyl sites for hydroxylation is 2. The summed E-state index contributed by atoms with van der Waals surface area (Å²) in [5, 5.41) is 12.6. The van der Waals surface area contributed by atoms with E-state index in [1.807, 2.05) is 13.8 Å². The first-order valence-corrected chi connectivity index (χ1v) is 16.9. The van der Waals surface area contributed by atoms with Gasteiger partial charge in [-0.25, -0.2) is 12.4 Å². The Morgan fingerprint density at radius 2 is 1.20 bits per heavy atom. The lowest BCUT2D eigenvalue weighted by Gasteiger charge is -2.18. The molecule has 0 radical (unpaired) electrons. The van der Waals surface area contributed by atoms with E-state index in [1.54, 1.807) is 91.0 Å². The van der Waals surface area contributed by atoms with E-state index >= 15 is 0 Å². The molecule has 0 aliphatic carbocycles. The highest BCUT2D eigenvalue weighted by molar-refractivity contribution is 7.90. The lowest BCUT2D eigenvalue weighted by Crippen LogP contribution is -2.16. The van der Waals surface area contributed by atoms with Crippen LogP contribution < -0.4 is 0 Å². The number of hydrogen-bond acceptors (Lipinski definition) is 6. The average Bonchev–Trinajstić information content (AvgIpc) is 3.46. The molecule has 0 unspecified atom stereocenters. The molecule has 1 aromatic heterocycles. The third kappa shape index (κ3) is 5.40. The molecule has 0 amide bonds. The minimum Gasteiger partial charge on any atom is -0.289 e. The van der Waals surface area contributed by atoms with Crippen LogP contribution in [0.4, 0.5) is 5.69 Å². The molecule has 1 heterocycles. The van der Waals surface area contributed by atoms with Crippen molar-refractivity contribution in [2.45, 2.75) is 18.7 Å². The van der Waals surface area contributed by atoms with Crippen molar-refractivity contribution in [1.29, 1.82) is 0 Å². The number of nitro benzene ring substituents is 1. The van der Waals surface area contributed by atoms with Crippen LogP contribution in [0.1, 0.15) is 43.0 Å². The van der Waals surface area contributed by atoms with Gasteiger partial charge in [0.15, 0.2) is 11.6 Å². The van der Waals surface area contributed by atoms with Gasteiger partial charge in [0.05, 0.1) is 20.9 Å². The number of fused-ring (bicyclic) bond motifs is 3. The number of benzene rings is 6. The molecule has 0 spiro atoms. The minimum atomic E-state index is -4.24. The van der Waals surface area contributed by atoms with Crippen LogP contribution in [0.25, 0.3) is 32.9 Å². The van der Waals surface area contributed by atoms with Gasteiger partial charge in [0.25, 0.3) is 15.7 Å². The molecular weight excluding hydrogens is 637 g/mol. The molecule has 240 valence electrons. The Labute approximate surface area is 282 Å². The van der Waals surface area contributed by atoms with Gasteiger partial charge in [-0.3, -0.25) is 19.7 Å². The third-order valence-electron chi connectivity index (χ3n) is 8.66.